The van der Waals surface area contributed by atoms with Gasteiger partial charge in [0.15, 0.2) is 6.61 Å². The molecule has 3 aromatic rings. The highest BCUT2D eigenvalue weighted by atomic mass is 79.9. The van der Waals surface area contributed by atoms with Gasteiger partial charge in [-0.15, -0.1) is 5.10 Å². The van der Waals surface area contributed by atoms with Crippen LogP contribution in [0.1, 0.15) is 18.5 Å². The van der Waals surface area contributed by atoms with Crippen molar-refractivity contribution < 1.29 is 9.53 Å². The maximum Gasteiger partial charge on any atom is 0.258 e. The van der Waals surface area contributed by atoms with E-state index in [1.54, 1.807) is 12.1 Å². The maximum absolute atomic E-state index is 12.0. The van der Waals surface area contributed by atoms with Gasteiger partial charge in [0.2, 0.25) is 0 Å². The summed E-state index contributed by atoms with van der Waals surface area (Å²) in [7, 11) is 0. The van der Waals surface area contributed by atoms with Crippen molar-refractivity contribution in [3.63, 3.8) is 0 Å². The van der Waals surface area contributed by atoms with Crippen molar-refractivity contribution in [2.75, 3.05) is 6.61 Å². The number of nitrogens with zero attached hydrogens (tertiary/aromatic N) is 4. The van der Waals surface area contributed by atoms with E-state index in [-0.39, 0.29) is 18.6 Å². The number of tetrazole rings is 1. The van der Waals surface area contributed by atoms with Gasteiger partial charge in [-0.3, -0.25) is 4.79 Å². The molecular formula is C17H16BrN5O2. The molecule has 0 aliphatic rings. The van der Waals surface area contributed by atoms with Crippen LogP contribution in [0.15, 0.2) is 59.3 Å². The Labute approximate surface area is 153 Å². The molecule has 1 atom stereocenters. The summed E-state index contributed by atoms with van der Waals surface area (Å²) in [6.45, 7) is 1.88. The van der Waals surface area contributed by atoms with Crippen LogP contribution < -0.4 is 10.1 Å². The van der Waals surface area contributed by atoms with E-state index in [1.807, 2.05) is 43.3 Å². The first-order valence-corrected chi connectivity index (χ1v) is 8.42. The lowest BCUT2D eigenvalue weighted by molar-refractivity contribution is -0.123. The fourth-order valence-electron chi connectivity index (χ4n) is 2.24. The van der Waals surface area contributed by atoms with Crippen LogP contribution in [0, 0.1) is 0 Å². The molecule has 1 N–H and O–H groups in total. The number of carbonyl (C=O) groups excluding carboxylic acids is 1. The fraction of sp³-hybridized carbons (Fsp3) is 0.176. The van der Waals surface area contributed by atoms with Gasteiger partial charge in [0.05, 0.1) is 11.7 Å². The fourth-order valence-corrected chi connectivity index (χ4v) is 2.51. The highest BCUT2D eigenvalue weighted by Crippen LogP contribution is 2.17. The predicted octanol–water partition coefficient (Wildman–Crippen LogP) is 2.68. The second kappa shape index (κ2) is 7.89. The van der Waals surface area contributed by atoms with Gasteiger partial charge in [-0.1, -0.05) is 28.1 Å². The SMILES string of the molecule is C[C@H](NC(=O)COc1ccc(-n2cnnn2)cc1)c1ccc(Br)cc1. The normalized spacial score (nSPS) is 11.8. The van der Waals surface area contributed by atoms with E-state index in [4.69, 9.17) is 4.74 Å². The van der Waals surface area contributed by atoms with Crippen LogP contribution in [0.25, 0.3) is 5.69 Å². The van der Waals surface area contributed by atoms with Crippen molar-refractivity contribution in [1.29, 1.82) is 0 Å². The number of carbonyl (C=O) groups is 1. The quantitative estimate of drug-likeness (QED) is 0.686. The second-order valence-electron chi connectivity index (χ2n) is 5.38. The third kappa shape index (κ3) is 4.63. The third-order valence-corrected chi connectivity index (χ3v) is 4.10. The Morgan fingerprint density at radius 3 is 2.56 bits per heavy atom. The van der Waals surface area contributed by atoms with Crippen molar-refractivity contribution in [2.24, 2.45) is 0 Å². The van der Waals surface area contributed by atoms with Gasteiger partial charge in [0, 0.05) is 4.47 Å². The van der Waals surface area contributed by atoms with E-state index in [0.29, 0.717) is 5.75 Å². The molecule has 0 saturated carbocycles. The number of aromatic nitrogens is 4. The number of nitrogens with one attached hydrogen (secondary N) is 1. The molecule has 2 aromatic carbocycles. The summed E-state index contributed by atoms with van der Waals surface area (Å²) in [5.74, 6) is 0.420. The predicted molar refractivity (Wildman–Crippen MR) is 95.3 cm³/mol. The van der Waals surface area contributed by atoms with Crippen LogP contribution in [0.5, 0.6) is 5.75 Å². The van der Waals surface area contributed by atoms with E-state index in [0.717, 1.165) is 15.7 Å². The van der Waals surface area contributed by atoms with Crippen molar-refractivity contribution in [3.05, 3.63) is 64.9 Å². The van der Waals surface area contributed by atoms with Crippen molar-refractivity contribution >= 4 is 21.8 Å². The molecule has 0 aliphatic carbocycles. The van der Waals surface area contributed by atoms with E-state index in [9.17, 15) is 4.79 Å². The highest BCUT2D eigenvalue weighted by molar-refractivity contribution is 9.10. The molecule has 0 bridgehead atoms. The number of rotatable bonds is 6. The van der Waals surface area contributed by atoms with Crippen LogP contribution in [-0.4, -0.2) is 32.7 Å². The molecule has 0 radical (unpaired) electrons. The number of amides is 1. The summed E-state index contributed by atoms with van der Waals surface area (Å²) in [4.78, 5) is 12.0. The Kier molecular flexibility index (Phi) is 5.39. The van der Waals surface area contributed by atoms with Crippen molar-refractivity contribution in [1.82, 2.24) is 25.5 Å². The summed E-state index contributed by atoms with van der Waals surface area (Å²) in [6, 6.07) is 14.9. The molecule has 1 aromatic heterocycles. The molecule has 0 spiro atoms. The molecule has 3 rings (SSSR count). The standard InChI is InChI=1S/C17H16BrN5O2/c1-12(13-2-4-14(18)5-3-13)20-17(24)10-25-16-8-6-15(7-9-16)23-11-19-21-22-23/h2-9,11-12H,10H2,1H3,(H,20,24)/t12-/m0/s1. The van der Waals surface area contributed by atoms with Crippen molar-refractivity contribution in [3.8, 4) is 11.4 Å². The molecule has 0 saturated heterocycles. The average molecular weight is 402 g/mol. The summed E-state index contributed by atoms with van der Waals surface area (Å²) in [5.41, 5.74) is 1.84. The lowest BCUT2D eigenvalue weighted by atomic mass is 10.1. The Morgan fingerprint density at radius 1 is 1.20 bits per heavy atom. The zero-order valence-corrected chi connectivity index (χ0v) is 15.0. The van der Waals surface area contributed by atoms with Crippen LogP contribution >= 0.6 is 15.9 Å². The Hall–Kier alpha value is -2.74. The Bertz CT molecular complexity index is 819. The first kappa shape index (κ1) is 17.1. The molecule has 25 heavy (non-hydrogen) atoms. The van der Waals surface area contributed by atoms with Crippen LogP contribution in [0.4, 0.5) is 0 Å². The summed E-state index contributed by atoms with van der Waals surface area (Å²) in [6.07, 6.45) is 1.51. The number of benzene rings is 2. The molecule has 0 aliphatic heterocycles. The van der Waals surface area contributed by atoms with Gasteiger partial charge in [-0.25, -0.2) is 4.68 Å². The molecule has 1 amide bonds. The minimum absolute atomic E-state index is 0.0505. The molecule has 8 heteroatoms. The summed E-state index contributed by atoms with van der Waals surface area (Å²) in [5, 5.41) is 13.9. The average Bonchev–Trinajstić information content (AvgIpc) is 3.15. The maximum atomic E-state index is 12.0. The Balaban J connectivity index is 1.51. The molecule has 0 unspecified atom stereocenters. The van der Waals surface area contributed by atoms with Gasteiger partial charge < -0.3 is 10.1 Å². The van der Waals surface area contributed by atoms with Crippen molar-refractivity contribution in [2.45, 2.75) is 13.0 Å². The van der Waals surface area contributed by atoms with Gasteiger partial charge in [-0.2, -0.15) is 0 Å². The van der Waals surface area contributed by atoms with Gasteiger partial charge >= 0.3 is 0 Å². The van der Waals surface area contributed by atoms with E-state index in [1.165, 1.54) is 11.0 Å². The number of halogens is 1. The molecule has 128 valence electrons. The summed E-state index contributed by atoms with van der Waals surface area (Å²) >= 11 is 3.39. The van der Waals surface area contributed by atoms with Crippen LogP contribution in [0.3, 0.4) is 0 Å². The lowest BCUT2D eigenvalue weighted by Crippen LogP contribution is -2.31. The third-order valence-electron chi connectivity index (χ3n) is 3.57. The topological polar surface area (TPSA) is 81.9 Å². The first-order valence-electron chi connectivity index (χ1n) is 7.63. The molecule has 1 heterocycles. The van der Waals surface area contributed by atoms with Gasteiger partial charge in [0.1, 0.15) is 12.1 Å². The minimum Gasteiger partial charge on any atom is -0.484 e. The second-order valence-corrected chi connectivity index (χ2v) is 6.29. The van der Waals surface area contributed by atoms with Crippen LogP contribution in [-0.2, 0) is 4.79 Å². The minimum atomic E-state index is -0.181. The highest BCUT2D eigenvalue weighted by Gasteiger charge is 2.10. The largest absolute Gasteiger partial charge is 0.484 e. The number of hydrogen-bond acceptors (Lipinski definition) is 5. The van der Waals surface area contributed by atoms with E-state index in [2.05, 4.69) is 36.8 Å². The van der Waals surface area contributed by atoms with Crippen LogP contribution in [0.2, 0.25) is 0 Å². The number of ether oxygens (including phenoxy) is 1. The molecular weight excluding hydrogens is 386 g/mol. The molecule has 0 fully saturated rings. The van der Waals surface area contributed by atoms with Gasteiger partial charge in [-0.05, 0) is 59.3 Å². The monoisotopic (exact) mass is 401 g/mol. The van der Waals surface area contributed by atoms with E-state index >= 15 is 0 Å². The molecule has 7 nitrogen and oxygen atoms in total. The van der Waals surface area contributed by atoms with Gasteiger partial charge in [0.25, 0.3) is 5.91 Å². The summed E-state index contributed by atoms with van der Waals surface area (Å²) < 4.78 is 8.06. The number of hydrogen-bond donors (Lipinski definition) is 1. The Morgan fingerprint density at radius 2 is 1.92 bits per heavy atom. The zero-order chi connectivity index (χ0) is 17.6. The zero-order valence-electron chi connectivity index (χ0n) is 13.5. The smallest absolute Gasteiger partial charge is 0.258 e. The van der Waals surface area contributed by atoms with E-state index < -0.39 is 0 Å². The lowest BCUT2D eigenvalue weighted by Gasteiger charge is -2.15. The first-order chi connectivity index (χ1) is 12.1.